The number of aliphatic carboxylic acids is 1. The number of nitrogens with one attached hydrogen (secondary N) is 1. The molecule has 19 heavy (non-hydrogen) atoms. The van der Waals surface area contributed by atoms with E-state index in [1.54, 1.807) is 0 Å². The number of benzene rings is 1. The molecule has 2 N–H and O–H groups in total. The fraction of sp³-hybridized carbons (Fsp3) is 0.154. The van der Waals surface area contributed by atoms with Crippen LogP contribution in [0.5, 0.6) is 0 Å². The van der Waals surface area contributed by atoms with Crippen LogP contribution in [0.4, 0.5) is 0 Å². The van der Waals surface area contributed by atoms with Crippen molar-refractivity contribution in [2.24, 2.45) is 0 Å². The van der Waals surface area contributed by atoms with Gasteiger partial charge in [0.05, 0.1) is 6.42 Å². The van der Waals surface area contributed by atoms with E-state index in [1.807, 2.05) is 30.3 Å². The van der Waals surface area contributed by atoms with Crippen molar-refractivity contribution >= 4 is 11.9 Å². The third-order valence-electron chi connectivity index (χ3n) is 2.43. The number of carboxylic acids is 1. The molecule has 0 saturated heterocycles. The minimum Gasteiger partial charge on any atom is -0.481 e. The Balaban J connectivity index is 2.01. The Bertz CT molecular complexity index is 577. The van der Waals surface area contributed by atoms with Crippen LogP contribution in [0.15, 0.2) is 40.9 Å². The Labute approximate surface area is 109 Å². The van der Waals surface area contributed by atoms with Gasteiger partial charge in [0.2, 0.25) is 5.76 Å². The highest BCUT2D eigenvalue weighted by molar-refractivity contribution is 5.92. The summed E-state index contributed by atoms with van der Waals surface area (Å²) < 4.78 is 4.93. The van der Waals surface area contributed by atoms with E-state index in [9.17, 15) is 9.59 Å². The average Bonchev–Trinajstić information content (AvgIpc) is 2.89. The van der Waals surface area contributed by atoms with Gasteiger partial charge in [-0.15, -0.1) is 0 Å². The number of carboxylic acid groups (broad SMARTS) is 1. The molecule has 0 bridgehead atoms. The van der Waals surface area contributed by atoms with Crippen molar-refractivity contribution in [1.82, 2.24) is 10.5 Å². The standard InChI is InChI=1S/C13H12N2O4/c16-12(17)6-7-14-13(18)11-8-10(15-19-11)9-4-2-1-3-5-9/h1-5,8H,6-7H2,(H,14,18)(H,16,17). The van der Waals surface area contributed by atoms with Crippen LogP contribution in [-0.2, 0) is 4.79 Å². The van der Waals surface area contributed by atoms with Gasteiger partial charge in [0.25, 0.3) is 5.91 Å². The van der Waals surface area contributed by atoms with Crippen LogP contribution in [0.3, 0.4) is 0 Å². The van der Waals surface area contributed by atoms with Crippen LogP contribution in [0.25, 0.3) is 11.3 Å². The zero-order valence-electron chi connectivity index (χ0n) is 10.00. The van der Waals surface area contributed by atoms with Crippen molar-refractivity contribution in [3.8, 4) is 11.3 Å². The zero-order valence-corrected chi connectivity index (χ0v) is 10.00. The number of hydrogen-bond acceptors (Lipinski definition) is 4. The minimum absolute atomic E-state index is 0.0511. The zero-order chi connectivity index (χ0) is 13.7. The van der Waals surface area contributed by atoms with Crippen molar-refractivity contribution in [2.45, 2.75) is 6.42 Å². The van der Waals surface area contributed by atoms with Gasteiger partial charge in [0.15, 0.2) is 0 Å². The molecule has 2 aromatic rings. The predicted octanol–water partition coefficient (Wildman–Crippen LogP) is 1.55. The first-order valence-electron chi connectivity index (χ1n) is 5.69. The highest BCUT2D eigenvalue weighted by Crippen LogP contribution is 2.18. The molecule has 0 fully saturated rings. The summed E-state index contributed by atoms with van der Waals surface area (Å²) in [6.45, 7) is 0.0511. The smallest absolute Gasteiger partial charge is 0.305 e. The van der Waals surface area contributed by atoms with E-state index in [0.29, 0.717) is 5.69 Å². The first-order chi connectivity index (χ1) is 9.16. The molecule has 6 heteroatoms. The van der Waals surface area contributed by atoms with Crippen molar-refractivity contribution in [2.75, 3.05) is 6.54 Å². The van der Waals surface area contributed by atoms with Crippen molar-refractivity contribution in [1.29, 1.82) is 0 Å². The van der Waals surface area contributed by atoms with Crippen LogP contribution in [-0.4, -0.2) is 28.7 Å². The quantitative estimate of drug-likeness (QED) is 0.850. The largest absolute Gasteiger partial charge is 0.481 e. The number of carbonyl (C=O) groups is 2. The van der Waals surface area contributed by atoms with Crippen LogP contribution in [0.1, 0.15) is 17.0 Å². The Kier molecular flexibility index (Phi) is 3.92. The molecule has 1 heterocycles. The van der Waals surface area contributed by atoms with Crippen molar-refractivity contribution in [3.05, 3.63) is 42.2 Å². The van der Waals surface area contributed by atoms with Gasteiger partial charge in [0, 0.05) is 18.2 Å². The van der Waals surface area contributed by atoms with E-state index in [4.69, 9.17) is 9.63 Å². The maximum Gasteiger partial charge on any atom is 0.305 e. The molecule has 98 valence electrons. The molecule has 0 atom stereocenters. The molecule has 1 amide bonds. The summed E-state index contributed by atoms with van der Waals surface area (Å²) >= 11 is 0. The van der Waals surface area contributed by atoms with Gasteiger partial charge in [-0.2, -0.15) is 0 Å². The Morgan fingerprint density at radius 1 is 1.26 bits per heavy atom. The second kappa shape index (κ2) is 5.81. The molecule has 2 rings (SSSR count). The van der Waals surface area contributed by atoms with Crippen LogP contribution < -0.4 is 5.32 Å². The lowest BCUT2D eigenvalue weighted by Crippen LogP contribution is -2.25. The van der Waals surface area contributed by atoms with Crippen LogP contribution >= 0.6 is 0 Å². The van der Waals surface area contributed by atoms with E-state index >= 15 is 0 Å². The third kappa shape index (κ3) is 3.41. The molecule has 0 saturated carbocycles. The number of hydrogen-bond donors (Lipinski definition) is 2. The van der Waals surface area contributed by atoms with E-state index in [-0.39, 0.29) is 18.7 Å². The SMILES string of the molecule is O=C(O)CCNC(=O)c1cc(-c2ccccc2)no1. The average molecular weight is 260 g/mol. The second-order valence-corrected chi connectivity index (χ2v) is 3.84. The normalized spacial score (nSPS) is 10.1. The first-order valence-corrected chi connectivity index (χ1v) is 5.69. The minimum atomic E-state index is -0.970. The first kappa shape index (κ1) is 12.8. The van der Waals surface area contributed by atoms with E-state index in [2.05, 4.69) is 10.5 Å². The van der Waals surface area contributed by atoms with Gasteiger partial charge in [0.1, 0.15) is 5.69 Å². The summed E-state index contributed by atoms with van der Waals surface area (Å²) in [5, 5.41) is 14.7. The summed E-state index contributed by atoms with van der Waals surface area (Å²) in [4.78, 5) is 22.0. The Morgan fingerprint density at radius 3 is 2.68 bits per heavy atom. The second-order valence-electron chi connectivity index (χ2n) is 3.84. The molecule has 0 aliphatic heterocycles. The van der Waals surface area contributed by atoms with Gasteiger partial charge in [-0.1, -0.05) is 35.5 Å². The Morgan fingerprint density at radius 2 is 2.00 bits per heavy atom. The number of carbonyl (C=O) groups excluding carboxylic acids is 1. The summed E-state index contributed by atoms with van der Waals surface area (Å²) in [6, 6.07) is 10.8. The highest BCUT2D eigenvalue weighted by atomic mass is 16.5. The summed E-state index contributed by atoms with van der Waals surface area (Å²) in [7, 11) is 0. The molecular formula is C13H12N2O4. The molecule has 0 unspecified atom stereocenters. The Hall–Kier alpha value is -2.63. The fourth-order valence-electron chi connectivity index (χ4n) is 1.50. The molecule has 1 aromatic heterocycles. The molecule has 6 nitrogen and oxygen atoms in total. The van der Waals surface area contributed by atoms with Gasteiger partial charge in [-0.25, -0.2) is 0 Å². The van der Waals surface area contributed by atoms with Gasteiger partial charge in [-0.05, 0) is 0 Å². The number of rotatable bonds is 5. The molecule has 0 aliphatic carbocycles. The number of nitrogens with zero attached hydrogens (tertiary/aromatic N) is 1. The maximum atomic E-state index is 11.6. The van der Waals surface area contributed by atoms with Crippen LogP contribution in [0, 0.1) is 0 Å². The molecule has 0 spiro atoms. The number of amides is 1. The molecule has 0 aliphatic rings. The van der Waals surface area contributed by atoms with Gasteiger partial charge in [-0.3, -0.25) is 9.59 Å². The van der Waals surface area contributed by atoms with Gasteiger partial charge >= 0.3 is 5.97 Å². The molecule has 0 radical (unpaired) electrons. The monoisotopic (exact) mass is 260 g/mol. The van der Waals surface area contributed by atoms with E-state index < -0.39 is 11.9 Å². The predicted molar refractivity (Wildman–Crippen MR) is 66.5 cm³/mol. The highest BCUT2D eigenvalue weighted by Gasteiger charge is 2.13. The fourth-order valence-corrected chi connectivity index (χ4v) is 1.50. The summed E-state index contributed by atoms with van der Waals surface area (Å²) in [5.74, 6) is -1.39. The number of aromatic nitrogens is 1. The summed E-state index contributed by atoms with van der Waals surface area (Å²) in [5.41, 5.74) is 1.40. The lowest BCUT2D eigenvalue weighted by atomic mass is 10.1. The lowest BCUT2D eigenvalue weighted by Gasteiger charge is -1.98. The summed E-state index contributed by atoms with van der Waals surface area (Å²) in [6.07, 6.45) is -0.134. The van der Waals surface area contributed by atoms with E-state index in [0.717, 1.165) is 5.56 Å². The topological polar surface area (TPSA) is 92.4 Å². The van der Waals surface area contributed by atoms with E-state index in [1.165, 1.54) is 6.07 Å². The lowest BCUT2D eigenvalue weighted by molar-refractivity contribution is -0.136. The van der Waals surface area contributed by atoms with Gasteiger partial charge < -0.3 is 14.9 Å². The molecule has 1 aromatic carbocycles. The maximum absolute atomic E-state index is 11.6. The van der Waals surface area contributed by atoms with Crippen molar-refractivity contribution < 1.29 is 19.2 Å². The third-order valence-corrected chi connectivity index (χ3v) is 2.43. The molecular weight excluding hydrogens is 248 g/mol. The van der Waals surface area contributed by atoms with Crippen molar-refractivity contribution in [3.63, 3.8) is 0 Å². The van der Waals surface area contributed by atoms with Crippen LogP contribution in [0.2, 0.25) is 0 Å².